The van der Waals surface area contributed by atoms with Crippen LogP contribution in [0, 0.1) is 0 Å². The number of esters is 1. The Kier molecular flexibility index (Phi) is 7.93. The lowest BCUT2D eigenvalue weighted by molar-refractivity contribution is -0.214. The number of hydrogen-bond acceptors (Lipinski definition) is 4. The molecule has 0 aromatic carbocycles. The van der Waals surface area contributed by atoms with Crippen molar-refractivity contribution in [1.29, 1.82) is 0 Å². The Labute approximate surface area is 105 Å². The van der Waals surface area contributed by atoms with Gasteiger partial charge in [-0.3, -0.25) is 4.79 Å². The van der Waals surface area contributed by atoms with Gasteiger partial charge in [0.05, 0.1) is 7.11 Å². The van der Waals surface area contributed by atoms with Gasteiger partial charge in [0.25, 0.3) is 0 Å². The molecule has 4 nitrogen and oxygen atoms in total. The number of carbonyl (C=O) groups is 1. The Morgan fingerprint density at radius 2 is 2.00 bits per heavy atom. The molecule has 0 bridgehead atoms. The molecule has 0 rings (SSSR count). The molecule has 0 fully saturated rings. The zero-order chi connectivity index (χ0) is 14.2. The molecule has 0 aromatic rings. The highest BCUT2D eigenvalue weighted by molar-refractivity contribution is 5.75. The predicted octanol–water partition coefficient (Wildman–Crippen LogP) is 1.89. The van der Waals surface area contributed by atoms with Gasteiger partial charge in [0.2, 0.25) is 0 Å². The van der Waals surface area contributed by atoms with Crippen LogP contribution in [-0.4, -0.2) is 44.6 Å². The van der Waals surface area contributed by atoms with Gasteiger partial charge in [-0.15, -0.1) is 0 Å². The van der Waals surface area contributed by atoms with Crippen molar-refractivity contribution in [3.63, 3.8) is 0 Å². The van der Waals surface area contributed by atoms with E-state index >= 15 is 0 Å². The molecule has 0 aliphatic heterocycles. The van der Waals surface area contributed by atoms with E-state index in [0.717, 1.165) is 13.3 Å². The standard InChI is InChI=1S/C11H20F3NO3/c1-4-6-15-9(10(16)17-3)5-7-18-8(2)11(12,13)14/h8-9,15H,4-7H2,1-3H3. The SMILES string of the molecule is CCCNC(CCOC(C)C(F)(F)F)C(=O)OC. The molecule has 1 N–H and O–H groups in total. The second-order valence-electron chi connectivity index (χ2n) is 3.87. The first-order valence-corrected chi connectivity index (χ1v) is 5.82. The van der Waals surface area contributed by atoms with Crippen LogP contribution in [0.25, 0.3) is 0 Å². The number of carbonyl (C=O) groups excluding carboxylic acids is 1. The third-order valence-electron chi connectivity index (χ3n) is 2.36. The van der Waals surface area contributed by atoms with Crippen molar-refractivity contribution in [3.8, 4) is 0 Å². The van der Waals surface area contributed by atoms with Gasteiger partial charge < -0.3 is 14.8 Å². The van der Waals surface area contributed by atoms with Crippen molar-refractivity contribution in [2.24, 2.45) is 0 Å². The minimum Gasteiger partial charge on any atom is -0.468 e. The van der Waals surface area contributed by atoms with Gasteiger partial charge in [0, 0.05) is 6.61 Å². The van der Waals surface area contributed by atoms with Crippen LogP contribution in [0.4, 0.5) is 13.2 Å². The van der Waals surface area contributed by atoms with E-state index in [2.05, 4.69) is 14.8 Å². The van der Waals surface area contributed by atoms with Gasteiger partial charge in [-0.1, -0.05) is 6.92 Å². The van der Waals surface area contributed by atoms with E-state index in [-0.39, 0.29) is 13.0 Å². The average Bonchev–Trinajstić information content (AvgIpc) is 2.31. The summed E-state index contributed by atoms with van der Waals surface area (Å²) in [5.41, 5.74) is 0. The molecule has 2 unspecified atom stereocenters. The van der Waals surface area contributed by atoms with Gasteiger partial charge >= 0.3 is 12.1 Å². The number of ether oxygens (including phenoxy) is 2. The van der Waals surface area contributed by atoms with Crippen molar-refractivity contribution in [1.82, 2.24) is 5.32 Å². The molecule has 0 radical (unpaired) electrons. The molecule has 0 aromatic heterocycles. The summed E-state index contributed by atoms with van der Waals surface area (Å²) in [5, 5.41) is 2.90. The van der Waals surface area contributed by atoms with Crippen LogP contribution >= 0.6 is 0 Å². The van der Waals surface area contributed by atoms with Crippen LogP contribution in [0.2, 0.25) is 0 Å². The van der Waals surface area contributed by atoms with Gasteiger partial charge in [-0.05, 0) is 26.3 Å². The van der Waals surface area contributed by atoms with Gasteiger partial charge in [-0.25, -0.2) is 0 Å². The van der Waals surface area contributed by atoms with Gasteiger partial charge in [-0.2, -0.15) is 13.2 Å². The van der Waals surface area contributed by atoms with Crippen LogP contribution < -0.4 is 5.32 Å². The lowest BCUT2D eigenvalue weighted by Crippen LogP contribution is -2.39. The van der Waals surface area contributed by atoms with Gasteiger partial charge in [0.1, 0.15) is 6.04 Å². The van der Waals surface area contributed by atoms with E-state index in [9.17, 15) is 18.0 Å². The monoisotopic (exact) mass is 271 g/mol. The Balaban J connectivity index is 4.07. The third kappa shape index (κ3) is 6.80. The van der Waals surface area contributed by atoms with Crippen molar-refractivity contribution in [2.45, 2.75) is 45.0 Å². The van der Waals surface area contributed by atoms with Crippen LogP contribution in [-0.2, 0) is 14.3 Å². The molecule has 0 heterocycles. The van der Waals surface area contributed by atoms with Gasteiger partial charge in [0.15, 0.2) is 6.10 Å². The highest BCUT2D eigenvalue weighted by Crippen LogP contribution is 2.22. The molecule has 0 saturated heterocycles. The summed E-state index contributed by atoms with van der Waals surface area (Å²) in [7, 11) is 1.24. The number of rotatable bonds is 8. The fraction of sp³-hybridized carbons (Fsp3) is 0.909. The maximum Gasteiger partial charge on any atom is 0.414 e. The molecule has 108 valence electrons. The zero-order valence-corrected chi connectivity index (χ0v) is 10.8. The number of hydrogen-bond donors (Lipinski definition) is 1. The van der Waals surface area contributed by atoms with E-state index in [4.69, 9.17) is 0 Å². The topological polar surface area (TPSA) is 47.6 Å². The summed E-state index contributed by atoms with van der Waals surface area (Å²) in [6, 6.07) is -0.629. The molecular formula is C11H20F3NO3. The fourth-order valence-electron chi connectivity index (χ4n) is 1.22. The van der Waals surface area contributed by atoms with Crippen LogP contribution in [0.15, 0.2) is 0 Å². The van der Waals surface area contributed by atoms with Crippen LogP contribution in [0.1, 0.15) is 26.7 Å². The number of methoxy groups -OCH3 is 1. The van der Waals surface area contributed by atoms with Crippen molar-refractivity contribution in [2.75, 3.05) is 20.3 Å². The Morgan fingerprint density at radius 3 is 2.44 bits per heavy atom. The first kappa shape index (κ1) is 17.2. The van der Waals surface area contributed by atoms with Crippen molar-refractivity contribution < 1.29 is 27.4 Å². The molecule has 0 spiro atoms. The maximum atomic E-state index is 12.2. The molecule has 2 atom stereocenters. The van der Waals surface area contributed by atoms with Crippen molar-refractivity contribution >= 4 is 5.97 Å². The highest BCUT2D eigenvalue weighted by atomic mass is 19.4. The molecule has 0 saturated carbocycles. The lowest BCUT2D eigenvalue weighted by atomic mass is 10.2. The molecular weight excluding hydrogens is 251 g/mol. The number of halogens is 3. The largest absolute Gasteiger partial charge is 0.468 e. The maximum absolute atomic E-state index is 12.2. The van der Waals surface area contributed by atoms with E-state index in [1.807, 2.05) is 6.92 Å². The number of nitrogens with one attached hydrogen (secondary N) is 1. The molecule has 0 aliphatic carbocycles. The normalized spacial score (nSPS) is 15.2. The molecule has 0 aliphatic rings. The Hall–Kier alpha value is -0.820. The average molecular weight is 271 g/mol. The zero-order valence-electron chi connectivity index (χ0n) is 10.8. The molecule has 0 amide bonds. The molecule has 18 heavy (non-hydrogen) atoms. The predicted molar refractivity (Wildman–Crippen MR) is 60.2 cm³/mol. The number of alkyl halides is 3. The Bertz CT molecular complexity index is 246. The summed E-state index contributed by atoms with van der Waals surface area (Å²) in [4.78, 5) is 11.3. The fourth-order valence-corrected chi connectivity index (χ4v) is 1.22. The first-order chi connectivity index (χ1) is 8.32. The lowest BCUT2D eigenvalue weighted by Gasteiger charge is -2.19. The third-order valence-corrected chi connectivity index (χ3v) is 2.36. The summed E-state index contributed by atoms with van der Waals surface area (Å²) in [5.74, 6) is -0.494. The van der Waals surface area contributed by atoms with Crippen molar-refractivity contribution in [3.05, 3.63) is 0 Å². The quantitative estimate of drug-likeness (QED) is 0.685. The summed E-state index contributed by atoms with van der Waals surface area (Å²) < 4.78 is 45.7. The Morgan fingerprint density at radius 1 is 1.39 bits per heavy atom. The first-order valence-electron chi connectivity index (χ1n) is 5.82. The minimum absolute atomic E-state index is 0.146. The van der Waals surface area contributed by atoms with E-state index in [1.165, 1.54) is 7.11 Å². The van der Waals surface area contributed by atoms with Crippen LogP contribution in [0.5, 0.6) is 0 Å². The smallest absolute Gasteiger partial charge is 0.414 e. The second-order valence-corrected chi connectivity index (χ2v) is 3.87. The van der Waals surface area contributed by atoms with E-state index < -0.39 is 24.3 Å². The second kappa shape index (κ2) is 8.31. The summed E-state index contributed by atoms with van der Waals surface area (Å²) in [6.45, 7) is 3.29. The van der Waals surface area contributed by atoms with E-state index in [1.54, 1.807) is 0 Å². The minimum atomic E-state index is -4.38. The van der Waals surface area contributed by atoms with Crippen LogP contribution in [0.3, 0.4) is 0 Å². The summed E-state index contributed by atoms with van der Waals surface area (Å²) in [6.07, 6.45) is -5.25. The van der Waals surface area contributed by atoms with E-state index in [0.29, 0.717) is 6.54 Å². The highest BCUT2D eigenvalue weighted by Gasteiger charge is 2.37. The summed E-state index contributed by atoms with van der Waals surface area (Å²) >= 11 is 0. The molecule has 7 heteroatoms.